The van der Waals surface area contributed by atoms with Crippen molar-refractivity contribution < 1.29 is 0 Å². The summed E-state index contributed by atoms with van der Waals surface area (Å²) in [5, 5.41) is 4.97. The number of hydrazine groups is 1. The maximum Gasteiger partial charge on any atom is 0.0515 e. The van der Waals surface area contributed by atoms with Crippen LogP contribution in [0.25, 0.3) is 0 Å². The first-order valence-corrected chi connectivity index (χ1v) is 5.62. The normalized spacial score (nSPS) is 10.0. The monoisotopic (exact) mass is 227 g/mol. The van der Waals surface area contributed by atoms with Gasteiger partial charge in [0.1, 0.15) is 0 Å². The van der Waals surface area contributed by atoms with Gasteiger partial charge in [-0.05, 0) is 29.8 Å². The number of benzene rings is 2. The van der Waals surface area contributed by atoms with Crippen molar-refractivity contribution >= 4 is 11.4 Å². The molecule has 0 amide bonds. The third-order valence-electron chi connectivity index (χ3n) is 2.61. The van der Waals surface area contributed by atoms with Crippen LogP contribution in [0.3, 0.4) is 0 Å². The highest BCUT2D eigenvalue weighted by Crippen LogP contribution is 2.15. The second-order valence-corrected chi connectivity index (χ2v) is 4.00. The first-order valence-electron chi connectivity index (χ1n) is 5.62. The summed E-state index contributed by atoms with van der Waals surface area (Å²) in [4.78, 5) is 0. The Hall–Kier alpha value is -2.00. The Morgan fingerprint density at radius 2 is 1.65 bits per heavy atom. The first-order chi connectivity index (χ1) is 8.25. The smallest absolute Gasteiger partial charge is 0.0515 e. The lowest BCUT2D eigenvalue weighted by Gasteiger charge is -2.13. The van der Waals surface area contributed by atoms with E-state index >= 15 is 0 Å². The zero-order valence-electron chi connectivity index (χ0n) is 9.93. The molecule has 3 N–H and O–H groups in total. The lowest BCUT2D eigenvalue weighted by atomic mass is 10.2. The number of hydrogen-bond acceptors (Lipinski definition) is 3. The Morgan fingerprint density at radius 3 is 2.24 bits per heavy atom. The van der Waals surface area contributed by atoms with E-state index in [-0.39, 0.29) is 0 Å². The molecule has 0 bridgehead atoms. The Balaban J connectivity index is 1.96. The standard InChI is InChI=1S/C14H17N3/c1-17(15)14-9-7-13(8-10-14)16-11-12-5-3-2-4-6-12/h2-10,16H,11,15H2,1H3. The second-order valence-electron chi connectivity index (χ2n) is 4.00. The summed E-state index contributed by atoms with van der Waals surface area (Å²) in [6.45, 7) is 0.832. The van der Waals surface area contributed by atoms with Crippen molar-refractivity contribution in [3.63, 3.8) is 0 Å². The molecule has 0 spiro atoms. The Morgan fingerprint density at radius 1 is 1.00 bits per heavy atom. The van der Waals surface area contributed by atoms with Crippen molar-refractivity contribution in [3.05, 3.63) is 60.2 Å². The van der Waals surface area contributed by atoms with Gasteiger partial charge in [-0.15, -0.1) is 0 Å². The van der Waals surface area contributed by atoms with E-state index in [0.29, 0.717) is 0 Å². The predicted octanol–water partition coefficient (Wildman–Crippen LogP) is 2.61. The zero-order valence-corrected chi connectivity index (χ0v) is 9.93. The molecule has 0 saturated heterocycles. The van der Waals surface area contributed by atoms with E-state index in [4.69, 9.17) is 5.84 Å². The molecule has 2 rings (SSSR count). The molecule has 0 aromatic heterocycles. The minimum Gasteiger partial charge on any atom is -0.381 e. The Bertz CT molecular complexity index is 449. The molecule has 0 unspecified atom stereocenters. The average molecular weight is 227 g/mol. The van der Waals surface area contributed by atoms with Gasteiger partial charge in [0.2, 0.25) is 0 Å². The molecule has 0 radical (unpaired) electrons. The van der Waals surface area contributed by atoms with Crippen molar-refractivity contribution in [2.24, 2.45) is 5.84 Å². The Kier molecular flexibility index (Phi) is 3.62. The van der Waals surface area contributed by atoms with Crippen LogP contribution in [0.4, 0.5) is 11.4 Å². The SMILES string of the molecule is CN(N)c1ccc(NCc2ccccc2)cc1. The lowest BCUT2D eigenvalue weighted by molar-refractivity contribution is 1.02. The summed E-state index contributed by atoms with van der Waals surface area (Å²) in [6, 6.07) is 18.4. The lowest BCUT2D eigenvalue weighted by Crippen LogP contribution is -2.24. The molecule has 17 heavy (non-hydrogen) atoms. The molecule has 2 aromatic rings. The van der Waals surface area contributed by atoms with Crippen LogP contribution in [0.5, 0.6) is 0 Å². The third kappa shape index (κ3) is 3.23. The fourth-order valence-corrected chi connectivity index (χ4v) is 1.61. The van der Waals surface area contributed by atoms with Crippen LogP contribution < -0.4 is 16.2 Å². The van der Waals surface area contributed by atoms with Gasteiger partial charge < -0.3 is 10.3 Å². The van der Waals surface area contributed by atoms with Crippen LogP contribution in [-0.4, -0.2) is 7.05 Å². The quantitative estimate of drug-likeness (QED) is 0.623. The highest BCUT2D eigenvalue weighted by Gasteiger charge is 1.96. The van der Waals surface area contributed by atoms with Gasteiger partial charge >= 0.3 is 0 Å². The summed E-state index contributed by atoms with van der Waals surface area (Å²) in [6.07, 6.45) is 0. The summed E-state index contributed by atoms with van der Waals surface area (Å²) in [7, 11) is 1.83. The van der Waals surface area contributed by atoms with Gasteiger partial charge in [0.15, 0.2) is 0 Å². The van der Waals surface area contributed by atoms with Crippen LogP contribution in [0, 0.1) is 0 Å². The first kappa shape index (κ1) is 11.5. The second kappa shape index (κ2) is 5.37. The molecule has 0 saturated carbocycles. The van der Waals surface area contributed by atoms with E-state index in [2.05, 4.69) is 17.4 Å². The van der Waals surface area contributed by atoms with Crippen molar-refractivity contribution in [3.8, 4) is 0 Å². The van der Waals surface area contributed by atoms with E-state index in [1.165, 1.54) is 5.56 Å². The van der Waals surface area contributed by atoms with Gasteiger partial charge in [-0.1, -0.05) is 30.3 Å². The predicted molar refractivity (Wildman–Crippen MR) is 72.8 cm³/mol. The number of nitrogens with two attached hydrogens (primary N) is 1. The maximum atomic E-state index is 5.64. The largest absolute Gasteiger partial charge is 0.381 e. The molecule has 0 fully saturated rings. The van der Waals surface area contributed by atoms with Crippen molar-refractivity contribution in [2.45, 2.75) is 6.54 Å². The molecule has 0 aliphatic heterocycles. The fraction of sp³-hybridized carbons (Fsp3) is 0.143. The molecular formula is C14H17N3. The van der Waals surface area contributed by atoms with E-state index in [0.717, 1.165) is 17.9 Å². The highest BCUT2D eigenvalue weighted by atomic mass is 15.4. The number of rotatable bonds is 4. The van der Waals surface area contributed by atoms with E-state index < -0.39 is 0 Å². The summed E-state index contributed by atoms with van der Waals surface area (Å²) >= 11 is 0. The van der Waals surface area contributed by atoms with Gasteiger partial charge in [0, 0.05) is 19.3 Å². The van der Waals surface area contributed by atoms with Crippen molar-refractivity contribution in [1.29, 1.82) is 0 Å². The Labute approximate surface area is 102 Å². The summed E-state index contributed by atoms with van der Waals surface area (Å²) < 4.78 is 0. The van der Waals surface area contributed by atoms with Crippen LogP contribution in [-0.2, 0) is 6.54 Å². The van der Waals surface area contributed by atoms with Crippen LogP contribution in [0.2, 0.25) is 0 Å². The average Bonchev–Trinajstić information content (AvgIpc) is 2.38. The molecule has 0 heterocycles. The van der Waals surface area contributed by atoms with E-state index in [1.54, 1.807) is 5.01 Å². The fourth-order valence-electron chi connectivity index (χ4n) is 1.61. The number of nitrogens with one attached hydrogen (secondary N) is 1. The van der Waals surface area contributed by atoms with Gasteiger partial charge in [-0.2, -0.15) is 0 Å². The van der Waals surface area contributed by atoms with Gasteiger partial charge in [0.25, 0.3) is 0 Å². The van der Waals surface area contributed by atoms with Crippen molar-refractivity contribution in [2.75, 3.05) is 17.4 Å². The minimum atomic E-state index is 0.832. The highest BCUT2D eigenvalue weighted by molar-refractivity contribution is 5.54. The number of hydrogen-bond donors (Lipinski definition) is 2. The maximum absolute atomic E-state index is 5.64. The third-order valence-corrected chi connectivity index (χ3v) is 2.61. The van der Waals surface area contributed by atoms with Crippen LogP contribution in [0.15, 0.2) is 54.6 Å². The summed E-state index contributed by atoms with van der Waals surface area (Å²) in [5.41, 5.74) is 3.36. The molecule has 0 aliphatic rings. The minimum absolute atomic E-state index is 0.832. The van der Waals surface area contributed by atoms with E-state index in [9.17, 15) is 0 Å². The van der Waals surface area contributed by atoms with Gasteiger partial charge in [-0.3, -0.25) is 0 Å². The molecule has 2 aromatic carbocycles. The molecule has 0 atom stereocenters. The van der Waals surface area contributed by atoms with E-state index in [1.807, 2.05) is 49.5 Å². The molecule has 0 aliphatic carbocycles. The number of anilines is 2. The molecular weight excluding hydrogens is 210 g/mol. The van der Waals surface area contributed by atoms with Crippen LogP contribution in [0.1, 0.15) is 5.56 Å². The van der Waals surface area contributed by atoms with Gasteiger partial charge in [0.05, 0.1) is 5.69 Å². The topological polar surface area (TPSA) is 41.3 Å². The zero-order chi connectivity index (χ0) is 12.1. The number of nitrogens with zero attached hydrogens (tertiary/aromatic N) is 1. The molecule has 3 nitrogen and oxygen atoms in total. The van der Waals surface area contributed by atoms with Crippen molar-refractivity contribution in [1.82, 2.24) is 0 Å². The van der Waals surface area contributed by atoms with Gasteiger partial charge in [-0.25, -0.2) is 5.84 Å². The summed E-state index contributed by atoms with van der Waals surface area (Å²) in [5.74, 6) is 5.64. The molecule has 3 heteroatoms. The molecule has 88 valence electrons. The van der Waals surface area contributed by atoms with Crippen LogP contribution >= 0.6 is 0 Å².